The quantitative estimate of drug-likeness (QED) is 0.318. The van der Waals surface area contributed by atoms with Crippen LogP contribution in [0.25, 0.3) is 22.4 Å². The summed E-state index contributed by atoms with van der Waals surface area (Å²) in [6.07, 6.45) is 3.52. The number of aromatic nitrogens is 3. The van der Waals surface area contributed by atoms with Crippen LogP contribution in [0, 0.1) is 6.92 Å². The molecular formula is C29H32ClN5O2. The molecule has 1 saturated heterocycles. The van der Waals surface area contributed by atoms with Crippen molar-refractivity contribution in [2.75, 3.05) is 24.5 Å². The summed E-state index contributed by atoms with van der Waals surface area (Å²) >= 11 is 6.10. The molecule has 0 N–H and O–H groups in total. The van der Waals surface area contributed by atoms with E-state index in [0.29, 0.717) is 41.5 Å². The third-order valence-corrected chi connectivity index (χ3v) is 7.10. The number of halogens is 1. The molecule has 5 rings (SSSR count). The standard InChI is InChI=1S/C29H32ClN5O2/c1-18-15-31-16-25(32-18)34-11-12-35(29(5,6)17-34)27(36)24-14-23-26(37-24)21(28(2,3)4)13-22(33-23)19-7-9-20(30)10-8-19/h7-10,13-16H,11-12,17H2,1-6H3. The van der Waals surface area contributed by atoms with Crippen LogP contribution in [0.5, 0.6) is 0 Å². The number of furan rings is 1. The summed E-state index contributed by atoms with van der Waals surface area (Å²) in [5.41, 5.74) is 4.34. The number of carbonyl (C=O) groups excluding carboxylic acids is 1. The predicted molar refractivity (Wildman–Crippen MR) is 147 cm³/mol. The van der Waals surface area contributed by atoms with Crippen molar-refractivity contribution >= 4 is 34.4 Å². The van der Waals surface area contributed by atoms with E-state index in [2.05, 4.69) is 55.6 Å². The zero-order chi connectivity index (χ0) is 26.5. The number of amides is 1. The summed E-state index contributed by atoms with van der Waals surface area (Å²) in [7, 11) is 0. The van der Waals surface area contributed by atoms with Crippen LogP contribution in [-0.2, 0) is 5.41 Å². The number of benzene rings is 1. The molecule has 192 valence electrons. The van der Waals surface area contributed by atoms with Crippen LogP contribution < -0.4 is 4.90 Å². The average molecular weight is 518 g/mol. The fourth-order valence-electron chi connectivity index (χ4n) is 4.92. The first-order chi connectivity index (χ1) is 17.4. The van der Waals surface area contributed by atoms with Gasteiger partial charge in [0.25, 0.3) is 5.91 Å². The van der Waals surface area contributed by atoms with Gasteiger partial charge < -0.3 is 14.2 Å². The van der Waals surface area contributed by atoms with E-state index in [1.807, 2.05) is 36.1 Å². The highest BCUT2D eigenvalue weighted by Gasteiger charge is 2.39. The van der Waals surface area contributed by atoms with E-state index in [1.54, 1.807) is 18.5 Å². The van der Waals surface area contributed by atoms with Crippen LogP contribution in [-0.4, -0.2) is 50.9 Å². The Hall–Kier alpha value is -3.45. The Morgan fingerprint density at radius 2 is 1.78 bits per heavy atom. The van der Waals surface area contributed by atoms with Crippen molar-refractivity contribution in [1.82, 2.24) is 19.9 Å². The minimum Gasteiger partial charge on any atom is -0.449 e. The van der Waals surface area contributed by atoms with Crippen LogP contribution in [0.2, 0.25) is 5.02 Å². The molecular weight excluding hydrogens is 486 g/mol. The number of anilines is 1. The number of fused-ring (bicyclic) bond motifs is 1. The van der Waals surface area contributed by atoms with E-state index < -0.39 is 5.54 Å². The molecule has 3 aromatic heterocycles. The normalized spacial score (nSPS) is 15.9. The molecule has 37 heavy (non-hydrogen) atoms. The van der Waals surface area contributed by atoms with Gasteiger partial charge in [0.05, 0.1) is 23.1 Å². The smallest absolute Gasteiger partial charge is 0.290 e. The lowest BCUT2D eigenvalue weighted by molar-refractivity contribution is 0.0483. The first-order valence-electron chi connectivity index (χ1n) is 12.5. The molecule has 4 heterocycles. The molecule has 7 nitrogen and oxygen atoms in total. The second kappa shape index (κ2) is 9.14. The van der Waals surface area contributed by atoms with Crippen LogP contribution in [0.15, 0.2) is 53.2 Å². The van der Waals surface area contributed by atoms with E-state index in [0.717, 1.165) is 28.3 Å². The van der Waals surface area contributed by atoms with Crippen molar-refractivity contribution in [3.8, 4) is 11.3 Å². The molecule has 0 spiro atoms. The minimum absolute atomic E-state index is 0.133. The topological polar surface area (TPSA) is 75.4 Å². The third kappa shape index (κ3) is 4.92. The van der Waals surface area contributed by atoms with Gasteiger partial charge in [0, 0.05) is 48.0 Å². The molecule has 1 aromatic carbocycles. The van der Waals surface area contributed by atoms with E-state index in [-0.39, 0.29) is 11.3 Å². The SMILES string of the molecule is Cc1cncc(N2CCN(C(=O)c3cc4nc(-c5ccc(Cl)cc5)cc(C(C)(C)C)c4o3)C(C)(C)C2)n1. The highest BCUT2D eigenvalue weighted by atomic mass is 35.5. The van der Waals surface area contributed by atoms with Crippen molar-refractivity contribution in [1.29, 1.82) is 0 Å². The molecule has 0 bridgehead atoms. The third-order valence-electron chi connectivity index (χ3n) is 6.85. The van der Waals surface area contributed by atoms with Crippen LogP contribution in [0.3, 0.4) is 0 Å². The Morgan fingerprint density at radius 1 is 1.05 bits per heavy atom. The van der Waals surface area contributed by atoms with Crippen LogP contribution in [0.1, 0.15) is 56.4 Å². The highest BCUT2D eigenvalue weighted by molar-refractivity contribution is 6.30. The van der Waals surface area contributed by atoms with Gasteiger partial charge >= 0.3 is 0 Å². The zero-order valence-electron chi connectivity index (χ0n) is 22.2. The molecule has 1 aliphatic heterocycles. The summed E-state index contributed by atoms with van der Waals surface area (Å²) in [6.45, 7) is 14.3. The Bertz CT molecular complexity index is 1470. The van der Waals surface area contributed by atoms with Crippen LogP contribution >= 0.6 is 11.6 Å². The van der Waals surface area contributed by atoms with Crippen molar-refractivity contribution in [3.63, 3.8) is 0 Å². The number of pyridine rings is 1. The summed E-state index contributed by atoms with van der Waals surface area (Å²) < 4.78 is 6.26. The number of carbonyl (C=O) groups is 1. The van der Waals surface area contributed by atoms with Crippen molar-refractivity contribution in [2.45, 2.75) is 52.5 Å². The van der Waals surface area contributed by atoms with Crippen LogP contribution in [0.4, 0.5) is 5.82 Å². The number of rotatable bonds is 3. The monoisotopic (exact) mass is 517 g/mol. The van der Waals surface area contributed by atoms with Crippen molar-refractivity contribution in [3.05, 3.63) is 70.8 Å². The molecule has 4 aromatic rings. The molecule has 1 amide bonds. The molecule has 0 radical (unpaired) electrons. The van der Waals surface area contributed by atoms with Crippen molar-refractivity contribution in [2.24, 2.45) is 0 Å². The Balaban J connectivity index is 1.49. The van der Waals surface area contributed by atoms with Crippen molar-refractivity contribution < 1.29 is 9.21 Å². The van der Waals surface area contributed by atoms with E-state index in [4.69, 9.17) is 21.0 Å². The first kappa shape index (κ1) is 25.2. The molecule has 0 aliphatic carbocycles. The number of aryl methyl sites for hydroxylation is 1. The molecule has 0 atom stereocenters. The number of hydrogen-bond acceptors (Lipinski definition) is 6. The second-order valence-corrected chi connectivity index (χ2v) is 11.8. The fourth-order valence-corrected chi connectivity index (χ4v) is 5.04. The van der Waals surface area contributed by atoms with Gasteiger partial charge in [0.15, 0.2) is 11.3 Å². The molecule has 0 unspecified atom stereocenters. The molecule has 0 saturated carbocycles. The summed E-state index contributed by atoms with van der Waals surface area (Å²) in [6, 6.07) is 11.4. The van der Waals surface area contributed by atoms with Gasteiger partial charge in [-0.05, 0) is 44.4 Å². The molecule has 1 aliphatic rings. The highest BCUT2D eigenvalue weighted by Crippen LogP contribution is 2.36. The first-order valence-corrected chi connectivity index (χ1v) is 12.9. The zero-order valence-corrected chi connectivity index (χ0v) is 22.9. The molecule has 1 fully saturated rings. The number of piperazine rings is 1. The van der Waals surface area contributed by atoms with E-state index >= 15 is 0 Å². The predicted octanol–water partition coefficient (Wildman–Crippen LogP) is 6.29. The van der Waals surface area contributed by atoms with Gasteiger partial charge in [0.1, 0.15) is 11.3 Å². The van der Waals surface area contributed by atoms with Gasteiger partial charge in [-0.25, -0.2) is 9.97 Å². The van der Waals surface area contributed by atoms with Gasteiger partial charge in [-0.1, -0.05) is 44.5 Å². The average Bonchev–Trinajstić information content (AvgIpc) is 3.26. The Kier molecular flexibility index (Phi) is 6.23. The summed E-state index contributed by atoms with van der Waals surface area (Å²) in [5.74, 6) is 1.00. The Labute approximate surface area is 222 Å². The minimum atomic E-state index is -0.436. The fraction of sp³-hybridized carbons (Fsp3) is 0.379. The van der Waals surface area contributed by atoms with Gasteiger partial charge in [-0.15, -0.1) is 0 Å². The maximum absolute atomic E-state index is 13.8. The maximum Gasteiger partial charge on any atom is 0.290 e. The Morgan fingerprint density at radius 3 is 2.43 bits per heavy atom. The maximum atomic E-state index is 13.8. The van der Waals surface area contributed by atoms with Gasteiger partial charge in [0.2, 0.25) is 0 Å². The lowest BCUT2D eigenvalue weighted by atomic mass is 9.86. The molecule has 8 heteroatoms. The van der Waals surface area contributed by atoms with E-state index in [9.17, 15) is 4.79 Å². The lowest BCUT2D eigenvalue weighted by Gasteiger charge is -2.47. The number of nitrogens with zero attached hydrogens (tertiary/aromatic N) is 5. The van der Waals surface area contributed by atoms with Gasteiger partial charge in [-0.2, -0.15) is 0 Å². The second-order valence-electron chi connectivity index (χ2n) is 11.3. The van der Waals surface area contributed by atoms with Gasteiger partial charge in [-0.3, -0.25) is 9.78 Å². The number of hydrogen-bond donors (Lipinski definition) is 0. The largest absolute Gasteiger partial charge is 0.449 e. The summed E-state index contributed by atoms with van der Waals surface area (Å²) in [5, 5.41) is 0.675. The summed E-state index contributed by atoms with van der Waals surface area (Å²) in [4.78, 5) is 31.6. The lowest BCUT2D eigenvalue weighted by Crippen LogP contribution is -2.61. The van der Waals surface area contributed by atoms with E-state index in [1.165, 1.54) is 0 Å².